The molecule has 0 radical (unpaired) electrons. The molecule has 1 aliphatic rings. The van der Waals surface area contributed by atoms with E-state index in [-0.39, 0.29) is 17.1 Å². The highest BCUT2D eigenvalue weighted by atomic mass is 16.5. The zero-order chi connectivity index (χ0) is 18.5. The normalized spacial score (nSPS) is 23.5. The molecule has 0 aliphatic carbocycles. The van der Waals surface area contributed by atoms with Gasteiger partial charge in [-0.2, -0.15) is 0 Å². The Morgan fingerprint density at radius 1 is 1.24 bits per heavy atom. The molecule has 2 rings (SSSR count). The average molecular weight is 349 g/mol. The van der Waals surface area contributed by atoms with Crippen molar-refractivity contribution in [3.05, 3.63) is 29.8 Å². The van der Waals surface area contributed by atoms with Crippen molar-refractivity contribution in [2.75, 3.05) is 27.2 Å². The van der Waals surface area contributed by atoms with E-state index in [1.54, 1.807) is 0 Å². The smallest absolute Gasteiger partial charge is 0.165 e. The monoisotopic (exact) mass is 348 g/mol. The standard InChI is InChI=1S/C21H34N2O2/c1-17(2)25-19-9-7-18(8-10-19)13-22-15-21(16-23(5)6)11-12-24-20(3,4)14-21/h7-10,15,17H,11-14,16H2,1-6H3/p+2/t21-/m0/s1. The van der Waals surface area contributed by atoms with Crippen molar-refractivity contribution in [1.29, 1.82) is 0 Å². The summed E-state index contributed by atoms with van der Waals surface area (Å²) in [6, 6.07) is 8.37. The van der Waals surface area contributed by atoms with E-state index < -0.39 is 0 Å². The molecule has 2 N–H and O–H groups in total. The van der Waals surface area contributed by atoms with Gasteiger partial charge in [-0.05, 0) is 64.8 Å². The van der Waals surface area contributed by atoms with E-state index in [1.807, 2.05) is 26.0 Å². The van der Waals surface area contributed by atoms with E-state index in [2.05, 4.69) is 51.3 Å². The molecule has 0 aromatic heterocycles. The third-order valence-electron chi connectivity index (χ3n) is 4.59. The van der Waals surface area contributed by atoms with Crippen molar-refractivity contribution in [3.63, 3.8) is 0 Å². The van der Waals surface area contributed by atoms with Crippen LogP contribution in [0.2, 0.25) is 0 Å². The summed E-state index contributed by atoms with van der Waals surface area (Å²) in [7, 11) is 4.46. The lowest BCUT2D eigenvalue weighted by Gasteiger charge is -2.41. The first-order valence-corrected chi connectivity index (χ1v) is 9.46. The summed E-state index contributed by atoms with van der Waals surface area (Å²) < 4.78 is 11.6. The second-order valence-corrected chi connectivity index (χ2v) is 8.62. The summed E-state index contributed by atoms with van der Waals surface area (Å²) in [6.07, 6.45) is 4.68. The first-order valence-electron chi connectivity index (χ1n) is 9.46. The first kappa shape index (κ1) is 19.9. The Hall–Kier alpha value is -1.39. The lowest BCUT2D eigenvalue weighted by Crippen LogP contribution is -3.07. The molecule has 1 saturated heterocycles. The zero-order valence-corrected chi connectivity index (χ0v) is 16.8. The van der Waals surface area contributed by atoms with Gasteiger partial charge in [0.2, 0.25) is 0 Å². The van der Waals surface area contributed by atoms with Crippen LogP contribution < -0.4 is 14.6 Å². The van der Waals surface area contributed by atoms with Crippen molar-refractivity contribution in [1.82, 2.24) is 0 Å². The number of rotatable bonds is 7. The molecule has 0 saturated carbocycles. The van der Waals surface area contributed by atoms with Gasteiger partial charge in [-0.1, -0.05) is 0 Å². The van der Waals surface area contributed by atoms with Crippen LogP contribution in [0.15, 0.2) is 24.3 Å². The minimum Gasteiger partial charge on any atom is -0.491 e. The van der Waals surface area contributed by atoms with Gasteiger partial charge in [0.05, 0.1) is 32.3 Å². The summed E-state index contributed by atoms with van der Waals surface area (Å²) in [5, 5.41) is 0. The van der Waals surface area contributed by atoms with Crippen LogP contribution in [0.4, 0.5) is 0 Å². The quantitative estimate of drug-likeness (QED) is 0.717. The molecule has 0 bridgehead atoms. The number of ether oxygens (including phenoxy) is 2. The summed E-state index contributed by atoms with van der Waals surface area (Å²) in [6.45, 7) is 11.3. The molecule has 25 heavy (non-hydrogen) atoms. The van der Waals surface area contributed by atoms with E-state index in [9.17, 15) is 0 Å². The first-order chi connectivity index (χ1) is 11.7. The van der Waals surface area contributed by atoms with Crippen LogP contribution in [0, 0.1) is 5.41 Å². The molecule has 1 aromatic rings. The summed E-state index contributed by atoms with van der Waals surface area (Å²) in [4.78, 5) is 5.06. The maximum atomic E-state index is 5.94. The minimum absolute atomic E-state index is 0.0539. The molecule has 1 fully saturated rings. The predicted octanol–water partition coefficient (Wildman–Crippen LogP) is 0.845. The minimum atomic E-state index is -0.0539. The summed E-state index contributed by atoms with van der Waals surface area (Å²) >= 11 is 0. The van der Waals surface area contributed by atoms with E-state index in [1.165, 1.54) is 10.5 Å². The van der Waals surface area contributed by atoms with E-state index in [0.717, 1.165) is 38.3 Å². The fourth-order valence-electron chi connectivity index (χ4n) is 3.89. The third-order valence-corrected chi connectivity index (χ3v) is 4.59. The van der Waals surface area contributed by atoms with Crippen LogP contribution >= 0.6 is 0 Å². The Morgan fingerprint density at radius 2 is 1.92 bits per heavy atom. The highest BCUT2D eigenvalue weighted by Gasteiger charge is 2.44. The molecular formula is C21H36N2O2+2. The Balaban J connectivity index is 2.03. The second-order valence-electron chi connectivity index (χ2n) is 8.62. The van der Waals surface area contributed by atoms with Crippen LogP contribution in [-0.4, -0.2) is 45.2 Å². The zero-order valence-electron chi connectivity index (χ0n) is 16.8. The number of hydrogen-bond acceptors (Lipinski definition) is 2. The Morgan fingerprint density at radius 3 is 2.48 bits per heavy atom. The van der Waals surface area contributed by atoms with Gasteiger partial charge in [0, 0.05) is 12.2 Å². The number of hydrogen-bond donors (Lipinski definition) is 2. The Kier molecular flexibility index (Phi) is 6.64. The van der Waals surface area contributed by atoms with Crippen LogP contribution in [0.3, 0.4) is 0 Å². The van der Waals surface area contributed by atoms with Crippen LogP contribution in [0.5, 0.6) is 5.75 Å². The van der Waals surface area contributed by atoms with Gasteiger partial charge in [-0.25, -0.2) is 4.99 Å². The van der Waals surface area contributed by atoms with Gasteiger partial charge in [-0.3, -0.25) is 0 Å². The number of quaternary nitrogens is 1. The fourth-order valence-corrected chi connectivity index (χ4v) is 3.89. The highest BCUT2D eigenvalue weighted by molar-refractivity contribution is 5.60. The summed E-state index contributed by atoms with van der Waals surface area (Å²) in [5.74, 6) is 0.932. The van der Waals surface area contributed by atoms with Crippen LogP contribution in [0.25, 0.3) is 0 Å². The number of benzene rings is 1. The molecule has 0 amide bonds. The maximum absolute atomic E-state index is 5.94. The van der Waals surface area contributed by atoms with Gasteiger partial charge in [0.15, 0.2) is 6.54 Å². The second kappa shape index (κ2) is 8.33. The van der Waals surface area contributed by atoms with Crippen molar-refractivity contribution < 1.29 is 19.4 Å². The molecule has 1 aliphatic heterocycles. The van der Waals surface area contributed by atoms with Gasteiger partial charge >= 0.3 is 0 Å². The lowest BCUT2D eigenvalue weighted by atomic mass is 9.74. The van der Waals surface area contributed by atoms with Crippen LogP contribution in [-0.2, 0) is 11.3 Å². The molecule has 1 heterocycles. The van der Waals surface area contributed by atoms with Gasteiger partial charge < -0.3 is 14.4 Å². The van der Waals surface area contributed by atoms with E-state index in [0.29, 0.717) is 0 Å². The Bertz CT molecular complexity index is 564. The molecular weight excluding hydrogens is 312 g/mol. The molecule has 140 valence electrons. The SMILES string of the molecule is CC(C)Oc1ccc(C[NH+]=C[C@]2(C[NH+](C)C)CCOC(C)(C)C2)cc1. The van der Waals surface area contributed by atoms with Crippen molar-refractivity contribution >= 4 is 6.21 Å². The summed E-state index contributed by atoms with van der Waals surface area (Å²) in [5.41, 5.74) is 1.40. The van der Waals surface area contributed by atoms with Crippen molar-refractivity contribution in [2.45, 2.75) is 58.8 Å². The van der Waals surface area contributed by atoms with Gasteiger partial charge in [0.25, 0.3) is 0 Å². The molecule has 4 nitrogen and oxygen atoms in total. The molecule has 4 heteroatoms. The lowest BCUT2D eigenvalue weighted by molar-refractivity contribution is -0.864. The van der Waals surface area contributed by atoms with E-state index in [4.69, 9.17) is 9.47 Å². The largest absolute Gasteiger partial charge is 0.491 e. The Labute approximate surface area is 153 Å². The molecule has 1 aromatic carbocycles. The third kappa shape index (κ3) is 6.44. The topological polar surface area (TPSA) is 36.9 Å². The van der Waals surface area contributed by atoms with Gasteiger partial charge in [-0.15, -0.1) is 0 Å². The molecule has 1 atom stereocenters. The molecule has 0 unspecified atom stereocenters. The predicted molar refractivity (Wildman–Crippen MR) is 102 cm³/mol. The van der Waals surface area contributed by atoms with Crippen LogP contribution in [0.1, 0.15) is 46.1 Å². The fraction of sp³-hybridized carbons (Fsp3) is 0.667. The van der Waals surface area contributed by atoms with Gasteiger partial charge in [0.1, 0.15) is 17.4 Å². The highest BCUT2D eigenvalue weighted by Crippen LogP contribution is 2.35. The maximum Gasteiger partial charge on any atom is 0.165 e. The van der Waals surface area contributed by atoms with Crippen molar-refractivity contribution in [3.8, 4) is 5.75 Å². The average Bonchev–Trinajstić information content (AvgIpc) is 2.46. The number of nitrogens with one attached hydrogen (secondary N) is 2. The van der Waals surface area contributed by atoms with E-state index >= 15 is 0 Å². The molecule has 0 spiro atoms. The van der Waals surface area contributed by atoms with Crippen molar-refractivity contribution in [2.24, 2.45) is 5.41 Å².